The number of benzene rings is 2. The summed E-state index contributed by atoms with van der Waals surface area (Å²) >= 11 is 6.28. The van der Waals surface area contributed by atoms with Crippen molar-refractivity contribution in [2.45, 2.75) is 32.5 Å². The lowest BCUT2D eigenvalue weighted by molar-refractivity contribution is -0.00000579. The van der Waals surface area contributed by atoms with Crippen LogP contribution in [0.3, 0.4) is 0 Å². The quantitative estimate of drug-likeness (QED) is 0.772. The van der Waals surface area contributed by atoms with Crippen molar-refractivity contribution in [3.63, 3.8) is 0 Å². The van der Waals surface area contributed by atoms with E-state index in [2.05, 4.69) is 5.32 Å². The molecule has 2 aromatic rings. The number of rotatable bonds is 7. The topological polar surface area (TPSA) is 41.5 Å². The zero-order chi connectivity index (χ0) is 16.0. The van der Waals surface area contributed by atoms with Crippen molar-refractivity contribution >= 4 is 11.6 Å². The van der Waals surface area contributed by atoms with E-state index in [4.69, 9.17) is 16.3 Å². The van der Waals surface area contributed by atoms with Crippen molar-refractivity contribution in [1.29, 1.82) is 0 Å². The van der Waals surface area contributed by atoms with Crippen LogP contribution in [-0.4, -0.2) is 17.3 Å². The molecule has 23 heavy (non-hydrogen) atoms. The largest absolute Gasteiger partial charge is 1.00 e. The Balaban J connectivity index is 0.00000264. The van der Waals surface area contributed by atoms with E-state index in [1.165, 1.54) is 0 Å². The molecular weight excluding hydrogens is 333 g/mol. The van der Waals surface area contributed by atoms with Gasteiger partial charge in [-0.1, -0.05) is 48.0 Å². The third-order valence-electron chi connectivity index (χ3n) is 3.40. The highest BCUT2D eigenvalue weighted by molar-refractivity contribution is 6.32. The molecule has 2 rings (SSSR count). The molecule has 0 saturated heterocycles. The summed E-state index contributed by atoms with van der Waals surface area (Å²) in [6, 6.07) is 15.7. The predicted octanol–water partition coefficient (Wildman–Crippen LogP) is 0.783. The molecule has 0 unspecified atom stereocenters. The third-order valence-corrected chi connectivity index (χ3v) is 3.70. The molecule has 0 radical (unpaired) electrons. The van der Waals surface area contributed by atoms with E-state index < -0.39 is 0 Å². The maximum absolute atomic E-state index is 9.24. The second kappa shape index (κ2) is 9.14. The number of hydrogen-bond acceptors (Lipinski definition) is 3. The standard InChI is InChI=1S/C18H22ClNO2.ClH/c1-18(2,13-21)20-11-15-8-9-17(16(19)10-15)22-12-14-6-4-3-5-7-14;/h3-10,20-21H,11-13H2,1-2H3;1H/p-1. The summed E-state index contributed by atoms with van der Waals surface area (Å²) in [6.07, 6.45) is 0. The van der Waals surface area contributed by atoms with E-state index in [0.717, 1.165) is 11.1 Å². The van der Waals surface area contributed by atoms with Gasteiger partial charge in [-0.2, -0.15) is 0 Å². The third kappa shape index (κ3) is 6.40. The fourth-order valence-corrected chi connectivity index (χ4v) is 2.16. The van der Waals surface area contributed by atoms with Crippen LogP contribution in [0.15, 0.2) is 48.5 Å². The molecule has 0 aliphatic carbocycles. The summed E-state index contributed by atoms with van der Waals surface area (Å²) in [5.74, 6) is 0.677. The predicted molar refractivity (Wildman–Crippen MR) is 90.2 cm³/mol. The molecule has 0 aliphatic heterocycles. The second-order valence-corrected chi connectivity index (χ2v) is 6.34. The van der Waals surface area contributed by atoms with Crippen LogP contribution in [0.25, 0.3) is 0 Å². The molecule has 0 aliphatic rings. The molecule has 3 nitrogen and oxygen atoms in total. The Labute approximate surface area is 149 Å². The minimum Gasteiger partial charge on any atom is -1.00 e. The molecule has 0 amide bonds. The smallest absolute Gasteiger partial charge is 0.138 e. The molecule has 0 spiro atoms. The fraction of sp³-hybridized carbons (Fsp3) is 0.333. The van der Waals surface area contributed by atoms with Crippen LogP contribution in [-0.2, 0) is 13.2 Å². The van der Waals surface area contributed by atoms with Crippen LogP contribution in [0.1, 0.15) is 25.0 Å². The van der Waals surface area contributed by atoms with E-state index in [0.29, 0.717) is 23.9 Å². The summed E-state index contributed by atoms with van der Waals surface area (Å²) in [6.45, 7) is 5.12. The molecule has 2 N–H and O–H groups in total. The van der Waals surface area contributed by atoms with Crippen molar-refractivity contribution in [2.75, 3.05) is 6.61 Å². The first-order valence-corrected chi connectivity index (χ1v) is 7.69. The molecule has 0 aromatic heterocycles. The van der Waals surface area contributed by atoms with Gasteiger partial charge >= 0.3 is 0 Å². The Bertz CT molecular complexity index is 603. The Kier molecular flexibility index (Phi) is 7.86. The first kappa shape index (κ1) is 19.8. The molecule has 0 bridgehead atoms. The van der Waals surface area contributed by atoms with Gasteiger partial charge in [-0.25, -0.2) is 0 Å². The van der Waals surface area contributed by atoms with Gasteiger partial charge in [0.15, 0.2) is 0 Å². The van der Waals surface area contributed by atoms with Gasteiger partial charge in [0, 0.05) is 12.1 Å². The number of halogens is 2. The maximum Gasteiger partial charge on any atom is 0.138 e. The van der Waals surface area contributed by atoms with Crippen LogP contribution in [0.4, 0.5) is 0 Å². The van der Waals surface area contributed by atoms with Crippen LogP contribution in [0.5, 0.6) is 5.75 Å². The lowest BCUT2D eigenvalue weighted by atomic mass is 10.1. The van der Waals surface area contributed by atoms with Crippen LogP contribution in [0, 0.1) is 0 Å². The normalized spacial score (nSPS) is 11.0. The fourth-order valence-electron chi connectivity index (χ4n) is 1.90. The van der Waals surface area contributed by atoms with Gasteiger partial charge in [0.2, 0.25) is 0 Å². The second-order valence-electron chi connectivity index (χ2n) is 5.93. The molecule has 5 heteroatoms. The van der Waals surface area contributed by atoms with Gasteiger partial charge < -0.3 is 27.6 Å². The van der Waals surface area contributed by atoms with Crippen molar-refractivity contribution in [3.05, 3.63) is 64.7 Å². The molecule has 126 valence electrons. The number of aliphatic hydroxyl groups is 1. The first-order valence-electron chi connectivity index (χ1n) is 7.31. The average molecular weight is 355 g/mol. The van der Waals surface area contributed by atoms with E-state index in [1.54, 1.807) is 0 Å². The number of hydrogen-bond donors (Lipinski definition) is 2. The van der Waals surface area contributed by atoms with Gasteiger partial charge in [0.05, 0.1) is 11.6 Å². The minimum absolute atomic E-state index is 0. The lowest BCUT2D eigenvalue weighted by Gasteiger charge is -2.23. The minimum atomic E-state index is -0.311. The number of ether oxygens (including phenoxy) is 1. The SMILES string of the molecule is CC(C)(CO)NCc1ccc(OCc2ccccc2)c(Cl)c1.[Cl-]. The first-order chi connectivity index (χ1) is 10.5. The van der Waals surface area contributed by atoms with E-state index in [9.17, 15) is 5.11 Å². The van der Waals surface area contributed by atoms with Crippen LogP contribution in [0.2, 0.25) is 5.02 Å². The number of aliphatic hydroxyl groups excluding tert-OH is 1. The van der Waals surface area contributed by atoms with Crippen molar-refractivity contribution < 1.29 is 22.3 Å². The molecule has 0 atom stereocenters. The van der Waals surface area contributed by atoms with Gasteiger partial charge in [-0.3, -0.25) is 0 Å². The Hall–Kier alpha value is -1.26. The van der Waals surface area contributed by atoms with Crippen molar-refractivity contribution in [1.82, 2.24) is 5.32 Å². The van der Waals surface area contributed by atoms with Gasteiger partial charge in [-0.05, 0) is 37.1 Å². The highest BCUT2D eigenvalue weighted by Gasteiger charge is 2.15. The summed E-state index contributed by atoms with van der Waals surface area (Å²) in [7, 11) is 0. The lowest BCUT2D eigenvalue weighted by Crippen LogP contribution is -3.00. The Morgan fingerprint density at radius 1 is 1.09 bits per heavy atom. The molecular formula is C18H22Cl2NO2-. The molecule has 0 fully saturated rings. The monoisotopic (exact) mass is 354 g/mol. The van der Waals surface area contributed by atoms with Crippen LogP contribution >= 0.6 is 11.6 Å². The van der Waals surface area contributed by atoms with E-state index in [-0.39, 0.29) is 24.6 Å². The molecule has 0 heterocycles. The Morgan fingerprint density at radius 2 is 1.78 bits per heavy atom. The zero-order valence-electron chi connectivity index (χ0n) is 13.4. The average Bonchev–Trinajstić information content (AvgIpc) is 2.53. The molecule has 2 aromatic carbocycles. The highest BCUT2D eigenvalue weighted by atomic mass is 35.5. The van der Waals surface area contributed by atoms with E-state index in [1.807, 2.05) is 62.4 Å². The van der Waals surface area contributed by atoms with Crippen molar-refractivity contribution in [2.24, 2.45) is 0 Å². The summed E-state index contributed by atoms with van der Waals surface area (Å²) in [5, 5.41) is 13.1. The van der Waals surface area contributed by atoms with Crippen LogP contribution < -0.4 is 22.5 Å². The summed E-state index contributed by atoms with van der Waals surface area (Å²) in [4.78, 5) is 0. The zero-order valence-corrected chi connectivity index (χ0v) is 14.9. The Morgan fingerprint density at radius 3 is 2.39 bits per heavy atom. The van der Waals surface area contributed by atoms with Crippen molar-refractivity contribution in [3.8, 4) is 5.75 Å². The molecule has 0 saturated carbocycles. The van der Waals surface area contributed by atoms with Gasteiger partial charge in [-0.15, -0.1) is 0 Å². The maximum atomic E-state index is 9.24. The van der Waals surface area contributed by atoms with Gasteiger partial charge in [0.1, 0.15) is 12.4 Å². The highest BCUT2D eigenvalue weighted by Crippen LogP contribution is 2.26. The van der Waals surface area contributed by atoms with Gasteiger partial charge in [0.25, 0.3) is 0 Å². The van der Waals surface area contributed by atoms with E-state index >= 15 is 0 Å². The number of nitrogens with one attached hydrogen (secondary N) is 1. The summed E-state index contributed by atoms with van der Waals surface area (Å²) in [5.41, 5.74) is 1.85. The summed E-state index contributed by atoms with van der Waals surface area (Å²) < 4.78 is 5.75.